The van der Waals surface area contributed by atoms with E-state index in [0.717, 1.165) is 37.9 Å². The Bertz CT molecular complexity index is 582. The van der Waals surface area contributed by atoms with Crippen molar-refractivity contribution in [2.24, 2.45) is 11.3 Å². The smallest absolute Gasteiger partial charge is 0.272 e. The van der Waals surface area contributed by atoms with Crippen molar-refractivity contribution >= 4 is 5.91 Å². The number of hydrogen-bond donors (Lipinski definition) is 2. The fraction of sp³-hybridized carbons (Fsp3) is 0.611. The molecule has 0 aromatic heterocycles. The van der Waals surface area contributed by atoms with Gasteiger partial charge in [0.2, 0.25) is 5.91 Å². The van der Waals surface area contributed by atoms with Crippen LogP contribution >= 0.6 is 0 Å². The third-order valence-corrected chi connectivity index (χ3v) is 5.22. The van der Waals surface area contributed by atoms with Gasteiger partial charge in [-0.2, -0.15) is 0 Å². The van der Waals surface area contributed by atoms with Crippen LogP contribution in [0.1, 0.15) is 31.2 Å². The highest BCUT2D eigenvalue weighted by atomic mass is 19.3. The second-order valence-corrected chi connectivity index (χ2v) is 6.76. The molecule has 0 radical (unpaired) electrons. The standard InChI is InChI=1S/C18H24F2N2O2/c19-16(20)11-24-15-6-3-4-13(8-15)9-22-17(23)18-7-2-1-5-14(18)10-21-12-18/h3-4,6,8,14,16,21H,1-2,5,7,9-12H2,(H,22,23)/t14-,18+/m0/s1. The molecule has 0 unspecified atom stereocenters. The fourth-order valence-electron chi connectivity index (χ4n) is 3.95. The van der Waals surface area contributed by atoms with Crippen molar-refractivity contribution in [3.05, 3.63) is 29.8 Å². The van der Waals surface area contributed by atoms with E-state index in [9.17, 15) is 13.6 Å². The molecule has 3 rings (SSSR count). The molecule has 2 atom stereocenters. The van der Waals surface area contributed by atoms with Crippen LogP contribution in [0.4, 0.5) is 8.78 Å². The number of rotatable bonds is 6. The summed E-state index contributed by atoms with van der Waals surface area (Å²) in [6.07, 6.45) is 1.85. The summed E-state index contributed by atoms with van der Waals surface area (Å²) in [7, 11) is 0. The molecule has 4 nitrogen and oxygen atoms in total. The van der Waals surface area contributed by atoms with Crippen LogP contribution in [0.5, 0.6) is 5.75 Å². The number of ether oxygens (including phenoxy) is 1. The Kier molecular flexibility index (Phi) is 5.33. The first-order chi connectivity index (χ1) is 11.6. The number of carbonyl (C=O) groups is 1. The average Bonchev–Trinajstić information content (AvgIpc) is 3.03. The molecule has 0 spiro atoms. The zero-order valence-electron chi connectivity index (χ0n) is 13.7. The quantitative estimate of drug-likeness (QED) is 0.838. The SMILES string of the molecule is O=C(NCc1cccc(OCC(F)F)c1)[C@@]12CCCC[C@H]1CNC2. The van der Waals surface area contributed by atoms with Gasteiger partial charge in [-0.1, -0.05) is 25.0 Å². The average molecular weight is 338 g/mol. The number of fused-ring (bicyclic) bond motifs is 1. The Hall–Kier alpha value is -1.69. The summed E-state index contributed by atoms with van der Waals surface area (Å²) in [6, 6.07) is 6.95. The molecule has 1 aromatic carbocycles. The number of carbonyl (C=O) groups excluding carboxylic acids is 1. The van der Waals surface area contributed by atoms with Crippen molar-refractivity contribution in [2.45, 2.75) is 38.7 Å². The molecule has 132 valence electrons. The molecule has 1 amide bonds. The van der Waals surface area contributed by atoms with Crippen LogP contribution in [0.2, 0.25) is 0 Å². The summed E-state index contributed by atoms with van der Waals surface area (Å²) in [5.41, 5.74) is 0.576. The van der Waals surface area contributed by atoms with Gasteiger partial charge in [-0.15, -0.1) is 0 Å². The topological polar surface area (TPSA) is 50.4 Å². The van der Waals surface area contributed by atoms with E-state index >= 15 is 0 Å². The van der Waals surface area contributed by atoms with Gasteiger partial charge < -0.3 is 15.4 Å². The highest BCUT2D eigenvalue weighted by Gasteiger charge is 2.49. The zero-order chi connectivity index (χ0) is 17.0. The minimum absolute atomic E-state index is 0.108. The Morgan fingerprint density at radius 1 is 1.42 bits per heavy atom. The first-order valence-corrected chi connectivity index (χ1v) is 8.59. The van der Waals surface area contributed by atoms with Gasteiger partial charge in [0.15, 0.2) is 0 Å². The second-order valence-electron chi connectivity index (χ2n) is 6.76. The monoisotopic (exact) mass is 338 g/mol. The van der Waals surface area contributed by atoms with E-state index in [1.807, 2.05) is 6.07 Å². The second kappa shape index (κ2) is 7.47. The van der Waals surface area contributed by atoms with Crippen LogP contribution in [0.3, 0.4) is 0 Å². The van der Waals surface area contributed by atoms with E-state index < -0.39 is 13.0 Å². The highest BCUT2D eigenvalue weighted by molar-refractivity contribution is 5.83. The van der Waals surface area contributed by atoms with Gasteiger partial charge >= 0.3 is 0 Å². The molecule has 1 aliphatic carbocycles. The first kappa shape index (κ1) is 17.1. The third-order valence-electron chi connectivity index (χ3n) is 5.22. The maximum Gasteiger partial charge on any atom is 0.272 e. The molecule has 2 N–H and O–H groups in total. The van der Waals surface area contributed by atoms with Crippen LogP contribution in [-0.4, -0.2) is 32.0 Å². The van der Waals surface area contributed by atoms with E-state index in [-0.39, 0.29) is 11.3 Å². The Labute approximate surface area is 141 Å². The van der Waals surface area contributed by atoms with E-state index in [1.54, 1.807) is 18.2 Å². The highest BCUT2D eigenvalue weighted by Crippen LogP contribution is 2.43. The third kappa shape index (κ3) is 3.69. The number of hydrogen-bond acceptors (Lipinski definition) is 3. The van der Waals surface area contributed by atoms with Gasteiger partial charge in [0.05, 0.1) is 5.41 Å². The summed E-state index contributed by atoms with van der Waals surface area (Å²) < 4.78 is 29.5. The van der Waals surface area contributed by atoms with Crippen LogP contribution in [0.15, 0.2) is 24.3 Å². The predicted molar refractivity (Wildman–Crippen MR) is 87.0 cm³/mol. The van der Waals surface area contributed by atoms with Crippen LogP contribution < -0.4 is 15.4 Å². The Morgan fingerprint density at radius 3 is 3.12 bits per heavy atom. The van der Waals surface area contributed by atoms with Crippen LogP contribution in [-0.2, 0) is 11.3 Å². The van der Waals surface area contributed by atoms with Crippen molar-refractivity contribution in [2.75, 3.05) is 19.7 Å². The van der Waals surface area contributed by atoms with E-state index in [2.05, 4.69) is 10.6 Å². The predicted octanol–water partition coefficient (Wildman–Crippen LogP) is 2.73. The lowest BCUT2D eigenvalue weighted by Crippen LogP contribution is -2.47. The van der Waals surface area contributed by atoms with Gasteiger partial charge in [-0.3, -0.25) is 4.79 Å². The minimum atomic E-state index is -2.49. The maximum atomic E-state index is 12.8. The van der Waals surface area contributed by atoms with Gasteiger partial charge in [-0.25, -0.2) is 8.78 Å². The van der Waals surface area contributed by atoms with Crippen molar-refractivity contribution in [3.63, 3.8) is 0 Å². The van der Waals surface area contributed by atoms with Gasteiger partial charge in [0.25, 0.3) is 6.43 Å². The largest absolute Gasteiger partial charge is 0.488 e. The lowest BCUT2D eigenvalue weighted by atomic mass is 9.67. The van der Waals surface area contributed by atoms with Crippen LogP contribution in [0.25, 0.3) is 0 Å². The molecule has 24 heavy (non-hydrogen) atoms. The molecule has 6 heteroatoms. The van der Waals surface area contributed by atoms with Gasteiger partial charge in [-0.05, 0) is 43.0 Å². The first-order valence-electron chi connectivity index (χ1n) is 8.59. The Balaban J connectivity index is 1.59. The number of alkyl halides is 2. The van der Waals surface area contributed by atoms with Crippen molar-refractivity contribution in [1.29, 1.82) is 0 Å². The lowest BCUT2D eigenvalue weighted by molar-refractivity contribution is -0.134. The van der Waals surface area contributed by atoms with Crippen LogP contribution in [0, 0.1) is 11.3 Å². The van der Waals surface area contributed by atoms with Gasteiger partial charge in [0.1, 0.15) is 12.4 Å². The summed E-state index contributed by atoms with van der Waals surface area (Å²) in [6.45, 7) is 1.44. The maximum absolute atomic E-state index is 12.8. The molecule has 1 heterocycles. The fourth-order valence-corrected chi connectivity index (χ4v) is 3.95. The van der Waals surface area contributed by atoms with E-state index in [4.69, 9.17) is 4.74 Å². The molecule has 1 aliphatic heterocycles. The molecule has 1 saturated heterocycles. The minimum Gasteiger partial charge on any atom is -0.488 e. The van der Waals surface area contributed by atoms with E-state index in [0.29, 0.717) is 18.2 Å². The summed E-state index contributed by atoms with van der Waals surface area (Å²) >= 11 is 0. The normalized spacial score (nSPS) is 26.2. The molecule has 1 aromatic rings. The molecule has 1 saturated carbocycles. The lowest BCUT2D eigenvalue weighted by Gasteiger charge is -2.37. The summed E-state index contributed by atoms with van der Waals surface area (Å²) in [4.78, 5) is 12.8. The van der Waals surface area contributed by atoms with Gasteiger partial charge in [0, 0.05) is 13.1 Å². The molecule has 0 bridgehead atoms. The van der Waals surface area contributed by atoms with Crippen molar-refractivity contribution < 1.29 is 18.3 Å². The molecule has 2 fully saturated rings. The summed E-state index contributed by atoms with van der Waals surface area (Å²) in [5, 5.41) is 6.41. The number of halogens is 2. The number of amides is 1. The summed E-state index contributed by atoms with van der Waals surface area (Å²) in [5.74, 6) is 0.932. The molecular weight excluding hydrogens is 314 g/mol. The Morgan fingerprint density at radius 2 is 2.29 bits per heavy atom. The zero-order valence-corrected chi connectivity index (χ0v) is 13.7. The molecular formula is C18H24F2N2O2. The van der Waals surface area contributed by atoms with Crippen molar-refractivity contribution in [3.8, 4) is 5.75 Å². The number of nitrogens with one attached hydrogen (secondary N) is 2. The number of benzene rings is 1. The van der Waals surface area contributed by atoms with E-state index in [1.165, 1.54) is 6.42 Å². The van der Waals surface area contributed by atoms with Crippen molar-refractivity contribution in [1.82, 2.24) is 10.6 Å². The molecule has 2 aliphatic rings.